The number of carbonyl (C=O) groups excluding carboxylic acids is 4. The van der Waals surface area contributed by atoms with E-state index in [4.69, 9.17) is 19.6 Å². The van der Waals surface area contributed by atoms with Crippen molar-refractivity contribution in [3.63, 3.8) is 0 Å². The first kappa shape index (κ1) is 29.9. The molecule has 2 fully saturated rings. The molecule has 214 valence electrons. The van der Waals surface area contributed by atoms with Crippen molar-refractivity contribution in [1.29, 1.82) is 5.41 Å². The quantitative estimate of drug-likeness (QED) is 0.250. The highest BCUT2D eigenvalue weighted by molar-refractivity contribution is 6.04. The lowest BCUT2D eigenvalue weighted by Crippen LogP contribution is -2.56. The third-order valence-electron chi connectivity index (χ3n) is 6.39. The molecule has 0 aromatic heterocycles. The van der Waals surface area contributed by atoms with Crippen LogP contribution in [0.15, 0.2) is 24.3 Å². The molecular weight excluding hydrogens is 504 g/mol. The summed E-state index contributed by atoms with van der Waals surface area (Å²) in [5.74, 6) is -0.594. The van der Waals surface area contributed by atoms with Crippen LogP contribution in [0.2, 0.25) is 0 Å². The molecule has 2 N–H and O–H groups in total. The van der Waals surface area contributed by atoms with E-state index < -0.39 is 35.0 Å². The van der Waals surface area contributed by atoms with Gasteiger partial charge in [-0.05, 0) is 47.1 Å². The molecule has 11 heteroatoms. The monoisotopic (exact) mass is 544 g/mol. The van der Waals surface area contributed by atoms with Gasteiger partial charge in [0.1, 0.15) is 29.2 Å². The Balaban J connectivity index is 1.46. The Morgan fingerprint density at radius 3 is 2.05 bits per heavy atom. The number of piperidine rings is 1. The number of amidine groups is 1. The topological polar surface area (TPSA) is 138 Å². The van der Waals surface area contributed by atoms with Crippen molar-refractivity contribution < 1.29 is 33.4 Å². The van der Waals surface area contributed by atoms with Gasteiger partial charge < -0.3 is 19.1 Å². The van der Waals surface area contributed by atoms with Gasteiger partial charge in [0.15, 0.2) is 0 Å². The normalized spacial score (nSPS) is 17.3. The molecule has 39 heavy (non-hydrogen) atoms. The second-order valence-electron chi connectivity index (χ2n) is 12.1. The largest absolute Gasteiger partial charge is 0.459 e. The van der Waals surface area contributed by atoms with Crippen LogP contribution in [0.3, 0.4) is 0 Å². The van der Waals surface area contributed by atoms with E-state index in [0.717, 1.165) is 5.56 Å². The Morgan fingerprint density at radius 2 is 1.51 bits per heavy atom. The predicted octanol–water partition coefficient (Wildman–Crippen LogP) is 3.62. The van der Waals surface area contributed by atoms with E-state index in [1.54, 1.807) is 70.7 Å². The van der Waals surface area contributed by atoms with Crippen LogP contribution in [0.5, 0.6) is 0 Å². The number of esters is 1. The number of likely N-dealkylation sites (tertiary alicyclic amines) is 1. The van der Waals surface area contributed by atoms with Gasteiger partial charge in [0.25, 0.3) is 0 Å². The number of amides is 3. The standard InChI is InChI=1S/C28H40N4O7/c1-26(2,3)37-22(34)18-32-16-13-28(39-25(32)36)11-14-31(15-12-28)21(33)17-19-7-9-20(10-8-19)23(29)30-24(35)38-27(4,5)6/h7-10H,11-18H2,1-6H3,(H2,29,30,35). The Morgan fingerprint density at radius 1 is 0.949 bits per heavy atom. The van der Waals surface area contributed by atoms with E-state index in [2.05, 4.69) is 5.32 Å². The summed E-state index contributed by atoms with van der Waals surface area (Å²) in [4.78, 5) is 52.6. The first-order valence-corrected chi connectivity index (χ1v) is 13.2. The summed E-state index contributed by atoms with van der Waals surface area (Å²) >= 11 is 0. The smallest absolute Gasteiger partial charge is 0.413 e. The van der Waals surface area contributed by atoms with E-state index in [9.17, 15) is 19.2 Å². The minimum Gasteiger partial charge on any atom is -0.459 e. The predicted molar refractivity (Wildman–Crippen MR) is 143 cm³/mol. The lowest BCUT2D eigenvalue weighted by atomic mass is 9.86. The highest BCUT2D eigenvalue weighted by Crippen LogP contribution is 2.34. The van der Waals surface area contributed by atoms with Crippen LogP contribution in [0.4, 0.5) is 9.59 Å². The summed E-state index contributed by atoms with van der Waals surface area (Å²) in [6.45, 7) is 11.8. The summed E-state index contributed by atoms with van der Waals surface area (Å²) in [7, 11) is 0. The molecular formula is C28H40N4O7. The van der Waals surface area contributed by atoms with Crippen LogP contribution in [0.1, 0.15) is 71.9 Å². The molecule has 1 aromatic rings. The molecule has 0 bridgehead atoms. The van der Waals surface area contributed by atoms with Crippen LogP contribution in [0.25, 0.3) is 0 Å². The number of benzene rings is 1. The van der Waals surface area contributed by atoms with Crippen molar-refractivity contribution in [3.05, 3.63) is 35.4 Å². The molecule has 2 aliphatic rings. The molecule has 0 radical (unpaired) electrons. The summed E-state index contributed by atoms with van der Waals surface area (Å²) in [6, 6.07) is 6.87. The van der Waals surface area contributed by atoms with Crippen molar-refractivity contribution in [2.24, 2.45) is 0 Å². The van der Waals surface area contributed by atoms with Crippen LogP contribution in [-0.2, 0) is 30.2 Å². The molecule has 3 rings (SSSR count). The minimum atomic E-state index is -0.700. The highest BCUT2D eigenvalue weighted by atomic mass is 16.6. The molecule has 2 saturated heterocycles. The summed E-state index contributed by atoms with van der Waals surface area (Å²) in [6.07, 6.45) is 0.638. The maximum absolute atomic E-state index is 12.9. The number of nitrogens with one attached hydrogen (secondary N) is 2. The Labute approximate surface area is 229 Å². The molecule has 2 heterocycles. The van der Waals surface area contributed by atoms with Gasteiger partial charge in [-0.2, -0.15) is 0 Å². The molecule has 1 spiro atoms. The number of rotatable bonds is 5. The lowest BCUT2D eigenvalue weighted by molar-refractivity contribution is -0.158. The third-order valence-corrected chi connectivity index (χ3v) is 6.39. The van der Waals surface area contributed by atoms with E-state index in [1.165, 1.54) is 4.90 Å². The number of nitrogens with zero attached hydrogens (tertiary/aromatic N) is 2. The maximum atomic E-state index is 12.9. The second kappa shape index (κ2) is 11.6. The molecule has 0 atom stereocenters. The van der Waals surface area contributed by atoms with Gasteiger partial charge in [0.05, 0.1) is 6.42 Å². The SMILES string of the molecule is CC(C)(C)OC(=O)CN1CCC2(CCN(C(=O)Cc3ccc(C(=N)NC(=O)OC(C)(C)C)cc3)CC2)OC1=O. The fraction of sp³-hybridized carbons (Fsp3) is 0.607. The Kier molecular flexibility index (Phi) is 8.92. The van der Waals surface area contributed by atoms with Gasteiger partial charge in [-0.3, -0.25) is 25.2 Å². The zero-order chi connectivity index (χ0) is 29.0. The average molecular weight is 545 g/mol. The zero-order valence-corrected chi connectivity index (χ0v) is 23.7. The fourth-order valence-corrected chi connectivity index (χ4v) is 4.47. The molecule has 0 saturated carbocycles. The average Bonchev–Trinajstić information content (AvgIpc) is 2.79. The van der Waals surface area contributed by atoms with Crippen molar-refractivity contribution in [2.45, 2.75) is 84.0 Å². The van der Waals surface area contributed by atoms with Crippen LogP contribution in [0, 0.1) is 5.41 Å². The first-order chi connectivity index (χ1) is 18.0. The zero-order valence-electron chi connectivity index (χ0n) is 23.7. The molecule has 1 aromatic carbocycles. The summed E-state index contributed by atoms with van der Waals surface area (Å²) < 4.78 is 16.2. The fourth-order valence-electron chi connectivity index (χ4n) is 4.47. The van der Waals surface area contributed by atoms with Gasteiger partial charge in [0, 0.05) is 44.5 Å². The Bertz CT molecular complexity index is 1090. The van der Waals surface area contributed by atoms with Crippen LogP contribution >= 0.6 is 0 Å². The van der Waals surface area contributed by atoms with Crippen LogP contribution < -0.4 is 5.32 Å². The number of hydrogen-bond donors (Lipinski definition) is 2. The number of alkyl carbamates (subject to hydrolysis) is 1. The molecule has 3 amide bonds. The second-order valence-corrected chi connectivity index (χ2v) is 12.1. The van der Waals surface area contributed by atoms with Gasteiger partial charge in [0.2, 0.25) is 5.91 Å². The minimum absolute atomic E-state index is 0.0340. The van der Waals surface area contributed by atoms with E-state index >= 15 is 0 Å². The Hall–Kier alpha value is -3.63. The molecule has 11 nitrogen and oxygen atoms in total. The van der Waals surface area contributed by atoms with E-state index in [0.29, 0.717) is 44.5 Å². The van der Waals surface area contributed by atoms with Crippen molar-refractivity contribution in [1.82, 2.24) is 15.1 Å². The molecule has 0 unspecified atom stereocenters. The van der Waals surface area contributed by atoms with E-state index in [-0.39, 0.29) is 24.7 Å². The number of ether oxygens (including phenoxy) is 3. The van der Waals surface area contributed by atoms with Crippen molar-refractivity contribution in [3.8, 4) is 0 Å². The first-order valence-electron chi connectivity index (χ1n) is 13.2. The highest BCUT2D eigenvalue weighted by Gasteiger charge is 2.44. The summed E-state index contributed by atoms with van der Waals surface area (Å²) in [5.41, 5.74) is -0.625. The molecule has 2 aliphatic heterocycles. The number of hydrogen-bond acceptors (Lipinski definition) is 8. The van der Waals surface area contributed by atoms with Crippen LogP contribution in [-0.4, -0.2) is 82.7 Å². The molecule has 0 aliphatic carbocycles. The summed E-state index contributed by atoms with van der Waals surface area (Å²) in [5, 5.41) is 10.5. The maximum Gasteiger partial charge on any atom is 0.413 e. The third kappa shape index (κ3) is 8.97. The van der Waals surface area contributed by atoms with Crippen molar-refractivity contribution >= 4 is 29.9 Å². The van der Waals surface area contributed by atoms with E-state index in [1.807, 2.05) is 0 Å². The van der Waals surface area contributed by atoms with Gasteiger partial charge >= 0.3 is 18.2 Å². The van der Waals surface area contributed by atoms with Gasteiger partial charge in [-0.1, -0.05) is 24.3 Å². The van der Waals surface area contributed by atoms with Crippen molar-refractivity contribution in [2.75, 3.05) is 26.2 Å². The number of carbonyl (C=O) groups is 4. The van der Waals surface area contributed by atoms with Gasteiger partial charge in [-0.25, -0.2) is 9.59 Å². The lowest BCUT2D eigenvalue weighted by Gasteiger charge is -2.45. The van der Waals surface area contributed by atoms with Gasteiger partial charge in [-0.15, -0.1) is 0 Å².